The van der Waals surface area contributed by atoms with Gasteiger partial charge in [-0.1, -0.05) is 33.6 Å². The molecule has 0 amide bonds. The predicted molar refractivity (Wildman–Crippen MR) is 75.6 cm³/mol. The molecule has 1 N–H and O–H groups in total. The van der Waals surface area contributed by atoms with Gasteiger partial charge in [0.25, 0.3) is 0 Å². The zero-order chi connectivity index (χ0) is 13.1. The number of nitrogens with one attached hydrogen (secondary N) is 1. The summed E-state index contributed by atoms with van der Waals surface area (Å²) in [4.78, 5) is 0. The second-order valence-electron chi connectivity index (χ2n) is 6.03. The van der Waals surface area contributed by atoms with E-state index in [2.05, 4.69) is 37.4 Å². The zero-order valence-corrected chi connectivity index (χ0v) is 12.2. The summed E-state index contributed by atoms with van der Waals surface area (Å²) in [5, 5.41) is 8.28. The van der Waals surface area contributed by atoms with Gasteiger partial charge in [0.2, 0.25) is 0 Å². The lowest BCUT2D eigenvalue weighted by Gasteiger charge is -2.16. The van der Waals surface area contributed by atoms with Gasteiger partial charge in [0.15, 0.2) is 0 Å². The Labute approximate surface area is 111 Å². The highest BCUT2D eigenvalue weighted by atomic mass is 15.3. The number of aromatic nitrogens is 2. The van der Waals surface area contributed by atoms with E-state index in [0.29, 0.717) is 12.0 Å². The molecule has 18 heavy (non-hydrogen) atoms. The maximum atomic E-state index is 4.56. The number of aryl methyl sites for hydroxylation is 1. The molecule has 0 saturated heterocycles. The molecule has 1 unspecified atom stereocenters. The van der Waals surface area contributed by atoms with E-state index in [9.17, 15) is 0 Å². The van der Waals surface area contributed by atoms with Gasteiger partial charge in [-0.25, -0.2) is 0 Å². The molecule has 102 valence electrons. The minimum absolute atomic E-state index is 0.506. The minimum atomic E-state index is 0.506. The quantitative estimate of drug-likeness (QED) is 0.804. The largest absolute Gasteiger partial charge is 0.310 e. The van der Waals surface area contributed by atoms with Crippen molar-refractivity contribution in [3.8, 4) is 0 Å². The molecule has 0 spiro atoms. The summed E-state index contributed by atoms with van der Waals surface area (Å²) >= 11 is 0. The van der Waals surface area contributed by atoms with E-state index < -0.39 is 0 Å². The predicted octanol–water partition coefficient (Wildman–Crippen LogP) is 3.21. The Balaban J connectivity index is 1.91. The summed E-state index contributed by atoms with van der Waals surface area (Å²) < 4.78 is 1.94. The number of hydrogen-bond acceptors (Lipinski definition) is 2. The Morgan fingerprint density at radius 2 is 2.17 bits per heavy atom. The van der Waals surface area contributed by atoms with Gasteiger partial charge in [-0.05, 0) is 24.7 Å². The molecule has 1 aromatic heterocycles. The van der Waals surface area contributed by atoms with Crippen molar-refractivity contribution in [3.63, 3.8) is 0 Å². The van der Waals surface area contributed by atoms with Gasteiger partial charge in [0.1, 0.15) is 0 Å². The van der Waals surface area contributed by atoms with E-state index in [1.54, 1.807) is 0 Å². The zero-order valence-electron chi connectivity index (χ0n) is 12.2. The van der Waals surface area contributed by atoms with E-state index in [4.69, 9.17) is 0 Å². The van der Waals surface area contributed by atoms with Crippen LogP contribution >= 0.6 is 0 Å². The van der Waals surface area contributed by atoms with Crippen molar-refractivity contribution in [3.05, 3.63) is 17.5 Å². The number of rotatable bonds is 7. The van der Waals surface area contributed by atoms with Crippen LogP contribution in [0.4, 0.5) is 0 Å². The highest BCUT2D eigenvalue weighted by molar-refractivity contribution is 5.20. The molecule has 3 nitrogen and oxygen atoms in total. The van der Waals surface area contributed by atoms with E-state index in [1.807, 2.05) is 11.7 Å². The molecular weight excluding hydrogens is 222 g/mol. The summed E-state index contributed by atoms with van der Waals surface area (Å²) in [6, 6.07) is 0.678. The highest BCUT2D eigenvalue weighted by Crippen LogP contribution is 2.34. The van der Waals surface area contributed by atoms with Crippen LogP contribution in [0.15, 0.2) is 6.20 Å². The molecule has 1 aliphatic rings. The lowest BCUT2D eigenvalue weighted by molar-refractivity contribution is 0.443. The SMILES string of the molecule is CCC(CC1CC1)NCc1cn(C)nc1C(C)C. The van der Waals surface area contributed by atoms with Gasteiger partial charge >= 0.3 is 0 Å². The van der Waals surface area contributed by atoms with Crippen LogP contribution in [-0.2, 0) is 13.6 Å². The smallest absolute Gasteiger partial charge is 0.0694 e. The fourth-order valence-corrected chi connectivity index (χ4v) is 2.58. The van der Waals surface area contributed by atoms with Crippen molar-refractivity contribution in [1.82, 2.24) is 15.1 Å². The van der Waals surface area contributed by atoms with Crippen LogP contribution in [-0.4, -0.2) is 15.8 Å². The second-order valence-corrected chi connectivity index (χ2v) is 6.03. The van der Waals surface area contributed by atoms with Crippen LogP contribution < -0.4 is 5.32 Å². The third-order valence-electron chi connectivity index (χ3n) is 3.87. The van der Waals surface area contributed by atoms with E-state index in [-0.39, 0.29) is 0 Å². The molecule has 1 heterocycles. The van der Waals surface area contributed by atoms with Crippen LogP contribution in [0.5, 0.6) is 0 Å². The van der Waals surface area contributed by atoms with Crippen LogP contribution in [0.3, 0.4) is 0 Å². The Morgan fingerprint density at radius 3 is 2.72 bits per heavy atom. The highest BCUT2D eigenvalue weighted by Gasteiger charge is 2.24. The van der Waals surface area contributed by atoms with Gasteiger partial charge in [0, 0.05) is 31.4 Å². The third-order valence-corrected chi connectivity index (χ3v) is 3.87. The van der Waals surface area contributed by atoms with E-state index in [1.165, 1.54) is 36.9 Å². The Bertz CT molecular complexity index is 377. The fraction of sp³-hybridized carbons (Fsp3) is 0.800. The molecular formula is C15H27N3. The summed E-state index contributed by atoms with van der Waals surface area (Å²) in [7, 11) is 2.01. The first-order valence-corrected chi connectivity index (χ1v) is 7.36. The molecule has 1 atom stereocenters. The molecule has 2 rings (SSSR count). The summed E-state index contributed by atoms with van der Waals surface area (Å²) in [6.45, 7) is 7.68. The van der Waals surface area contributed by atoms with E-state index in [0.717, 1.165) is 12.5 Å². The van der Waals surface area contributed by atoms with Crippen molar-refractivity contribution >= 4 is 0 Å². The molecule has 1 saturated carbocycles. The van der Waals surface area contributed by atoms with Gasteiger partial charge in [-0.2, -0.15) is 5.10 Å². The van der Waals surface area contributed by atoms with E-state index >= 15 is 0 Å². The lowest BCUT2D eigenvalue weighted by Crippen LogP contribution is -2.28. The molecule has 1 aromatic rings. The van der Waals surface area contributed by atoms with Crippen LogP contribution in [0.25, 0.3) is 0 Å². The average Bonchev–Trinajstić information content (AvgIpc) is 3.06. The molecule has 1 fully saturated rings. The van der Waals surface area contributed by atoms with Crippen molar-refractivity contribution in [2.75, 3.05) is 0 Å². The van der Waals surface area contributed by atoms with Gasteiger partial charge in [-0.15, -0.1) is 0 Å². The third kappa shape index (κ3) is 3.58. The molecule has 0 radical (unpaired) electrons. The molecule has 0 bridgehead atoms. The van der Waals surface area contributed by atoms with Gasteiger partial charge in [0.05, 0.1) is 5.69 Å². The van der Waals surface area contributed by atoms with Gasteiger partial charge in [-0.3, -0.25) is 4.68 Å². The van der Waals surface area contributed by atoms with Crippen LogP contribution in [0.1, 0.15) is 63.6 Å². The summed E-state index contributed by atoms with van der Waals surface area (Å²) in [5.74, 6) is 1.51. The number of nitrogens with zero attached hydrogens (tertiary/aromatic N) is 2. The maximum absolute atomic E-state index is 4.56. The van der Waals surface area contributed by atoms with Crippen molar-refractivity contribution in [2.45, 2.75) is 65.0 Å². The van der Waals surface area contributed by atoms with Gasteiger partial charge < -0.3 is 5.32 Å². The van der Waals surface area contributed by atoms with Crippen molar-refractivity contribution in [1.29, 1.82) is 0 Å². The van der Waals surface area contributed by atoms with Crippen molar-refractivity contribution in [2.24, 2.45) is 13.0 Å². The monoisotopic (exact) mass is 249 g/mol. The van der Waals surface area contributed by atoms with Crippen LogP contribution in [0.2, 0.25) is 0 Å². The summed E-state index contributed by atoms with van der Waals surface area (Å²) in [5.41, 5.74) is 2.60. The lowest BCUT2D eigenvalue weighted by atomic mass is 10.0. The Morgan fingerprint density at radius 1 is 1.44 bits per heavy atom. The standard InChI is InChI=1S/C15H27N3/c1-5-14(8-12-6-7-12)16-9-13-10-18(4)17-15(13)11(2)3/h10-12,14,16H,5-9H2,1-4H3. The average molecular weight is 249 g/mol. The second kappa shape index (κ2) is 5.87. The Hall–Kier alpha value is -0.830. The fourth-order valence-electron chi connectivity index (χ4n) is 2.58. The minimum Gasteiger partial charge on any atom is -0.310 e. The normalized spacial score (nSPS) is 17.4. The molecule has 0 aliphatic heterocycles. The first-order chi connectivity index (χ1) is 8.60. The number of hydrogen-bond donors (Lipinski definition) is 1. The molecule has 1 aliphatic carbocycles. The topological polar surface area (TPSA) is 29.9 Å². The first kappa shape index (κ1) is 13.6. The first-order valence-electron chi connectivity index (χ1n) is 7.36. The van der Waals surface area contributed by atoms with Crippen LogP contribution in [0, 0.1) is 5.92 Å². The van der Waals surface area contributed by atoms with Crippen molar-refractivity contribution < 1.29 is 0 Å². The Kier molecular flexibility index (Phi) is 4.44. The molecule has 0 aromatic carbocycles. The maximum Gasteiger partial charge on any atom is 0.0694 e. The molecule has 3 heteroatoms. The summed E-state index contributed by atoms with van der Waals surface area (Å²) in [6.07, 6.45) is 7.64.